The van der Waals surface area contributed by atoms with E-state index in [-0.39, 0.29) is 10.6 Å². The molecule has 0 bridgehead atoms. The first kappa shape index (κ1) is 23.0. The molecule has 0 amide bonds. The summed E-state index contributed by atoms with van der Waals surface area (Å²) in [6, 6.07) is 24.9. The molecule has 0 saturated heterocycles. The maximum Gasteiger partial charge on any atom is 0.269 e. The van der Waals surface area contributed by atoms with E-state index >= 15 is 0 Å². The van der Waals surface area contributed by atoms with Gasteiger partial charge in [0.05, 0.1) is 22.2 Å². The van der Waals surface area contributed by atoms with Gasteiger partial charge in [-0.1, -0.05) is 24.3 Å². The summed E-state index contributed by atoms with van der Waals surface area (Å²) in [6.07, 6.45) is 1.82. The molecule has 8 nitrogen and oxygen atoms in total. The number of hydrogen-bond acceptors (Lipinski definition) is 5. The summed E-state index contributed by atoms with van der Waals surface area (Å²) in [4.78, 5) is 15.2. The Morgan fingerprint density at radius 3 is 2.33 bits per heavy atom. The fourth-order valence-corrected chi connectivity index (χ4v) is 4.53. The molecule has 0 aliphatic carbocycles. The normalized spacial score (nSPS) is 11.4. The number of para-hydroxylation sites is 2. The Morgan fingerprint density at radius 2 is 1.67 bits per heavy atom. The summed E-state index contributed by atoms with van der Waals surface area (Å²) >= 11 is 0. The Balaban J connectivity index is 1.36. The number of non-ortho nitro benzene ring substituents is 1. The lowest BCUT2D eigenvalue weighted by Gasteiger charge is -2.11. The zero-order valence-electron chi connectivity index (χ0n) is 20.3. The Hall–Kier alpha value is -4.72. The third kappa shape index (κ3) is 4.24. The van der Waals surface area contributed by atoms with E-state index in [1.807, 2.05) is 36.5 Å². The van der Waals surface area contributed by atoms with Gasteiger partial charge in [-0.15, -0.1) is 0 Å². The number of aryl methyl sites for hydroxylation is 2. The summed E-state index contributed by atoms with van der Waals surface area (Å²) in [5.41, 5.74) is 11.4. The van der Waals surface area contributed by atoms with Gasteiger partial charge in [-0.3, -0.25) is 10.1 Å². The summed E-state index contributed by atoms with van der Waals surface area (Å²) in [6.45, 7) is 7.02. The zero-order chi connectivity index (χ0) is 25.2. The molecule has 0 aliphatic rings. The van der Waals surface area contributed by atoms with E-state index in [1.165, 1.54) is 12.1 Å². The summed E-state index contributed by atoms with van der Waals surface area (Å²) in [5, 5.41) is 15.4. The number of hydrazone groups is 1. The number of nitro benzene ring substituents is 1. The highest BCUT2D eigenvalue weighted by Gasteiger charge is 2.11. The van der Waals surface area contributed by atoms with Gasteiger partial charge in [-0.25, -0.2) is 10.4 Å². The highest BCUT2D eigenvalue weighted by Crippen LogP contribution is 2.26. The van der Waals surface area contributed by atoms with Crippen molar-refractivity contribution in [3.8, 4) is 16.8 Å². The lowest BCUT2D eigenvalue weighted by atomic mass is 10.0. The number of nitrogens with one attached hydrogen (secondary N) is 1. The maximum atomic E-state index is 10.9. The third-order valence-corrected chi connectivity index (χ3v) is 6.35. The Labute approximate surface area is 208 Å². The predicted molar refractivity (Wildman–Crippen MR) is 144 cm³/mol. The highest BCUT2D eigenvalue weighted by atomic mass is 16.6. The number of fused-ring (bicyclic) bond motifs is 1. The second-order valence-electron chi connectivity index (χ2n) is 8.55. The first-order valence-electron chi connectivity index (χ1n) is 11.7. The van der Waals surface area contributed by atoms with Gasteiger partial charge in [-0.2, -0.15) is 5.10 Å². The van der Waals surface area contributed by atoms with Crippen LogP contribution in [0.25, 0.3) is 27.8 Å². The van der Waals surface area contributed by atoms with E-state index in [1.54, 1.807) is 12.1 Å². The zero-order valence-corrected chi connectivity index (χ0v) is 20.3. The van der Waals surface area contributed by atoms with Crippen LogP contribution in [0.3, 0.4) is 0 Å². The van der Waals surface area contributed by atoms with Crippen molar-refractivity contribution in [2.45, 2.75) is 27.3 Å². The van der Waals surface area contributed by atoms with Crippen LogP contribution in [-0.4, -0.2) is 25.3 Å². The fourth-order valence-electron chi connectivity index (χ4n) is 4.53. The SMILES string of the molecule is CCn1c(N/N=C\c2cc(C)n(-c3ccc(-c4ccc([N+](=O)[O-])cc4)cc3)c2C)nc2ccccc21. The van der Waals surface area contributed by atoms with Crippen molar-refractivity contribution in [3.63, 3.8) is 0 Å². The van der Waals surface area contributed by atoms with Crippen molar-refractivity contribution in [1.82, 2.24) is 14.1 Å². The molecule has 2 aromatic heterocycles. The predicted octanol–water partition coefficient (Wildman–Crippen LogP) is 6.48. The molecule has 0 spiro atoms. The van der Waals surface area contributed by atoms with Gasteiger partial charge < -0.3 is 9.13 Å². The Kier molecular flexibility index (Phi) is 6.08. The van der Waals surface area contributed by atoms with Crippen LogP contribution in [0.1, 0.15) is 23.9 Å². The van der Waals surface area contributed by atoms with Crippen LogP contribution in [0.15, 0.2) is 84.0 Å². The smallest absolute Gasteiger partial charge is 0.269 e. The van der Waals surface area contributed by atoms with Gasteiger partial charge >= 0.3 is 0 Å². The molecule has 0 atom stereocenters. The van der Waals surface area contributed by atoms with E-state index in [0.717, 1.165) is 51.3 Å². The highest BCUT2D eigenvalue weighted by molar-refractivity contribution is 5.83. The van der Waals surface area contributed by atoms with Gasteiger partial charge in [0.15, 0.2) is 0 Å². The molecule has 0 saturated carbocycles. The number of anilines is 1. The molecule has 8 heteroatoms. The standard InChI is InChI=1S/C28H26N6O2/c1-4-32-27-8-6-5-7-26(27)30-28(32)31-29-18-23-17-19(2)33(20(23)3)24-13-9-21(10-14-24)22-11-15-25(16-12-22)34(35)36/h5-18H,4H2,1-3H3,(H,30,31)/b29-18-. The number of benzene rings is 3. The Morgan fingerprint density at radius 1 is 1.00 bits per heavy atom. The van der Waals surface area contributed by atoms with Crippen LogP contribution < -0.4 is 5.43 Å². The van der Waals surface area contributed by atoms with Gasteiger partial charge in [0, 0.05) is 41.3 Å². The monoisotopic (exact) mass is 478 g/mol. The molecule has 36 heavy (non-hydrogen) atoms. The minimum atomic E-state index is -0.388. The minimum Gasteiger partial charge on any atom is -0.318 e. The molecule has 5 aromatic rings. The lowest BCUT2D eigenvalue weighted by molar-refractivity contribution is -0.384. The third-order valence-electron chi connectivity index (χ3n) is 6.35. The van der Waals surface area contributed by atoms with Crippen LogP contribution in [0.5, 0.6) is 0 Å². The molecule has 0 aliphatic heterocycles. The van der Waals surface area contributed by atoms with Crippen LogP contribution in [0, 0.1) is 24.0 Å². The topological polar surface area (TPSA) is 90.3 Å². The van der Waals surface area contributed by atoms with Crippen molar-refractivity contribution in [2.75, 3.05) is 5.43 Å². The van der Waals surface area contributed by atoms with Gasteiger partial charge in [0.25, 0.3) is 5.69 Å². The van der Waals surface area contributed by atoms with E-state index in [4.69, 9.17) is 0 Å². The molecule has 2 heterocycles. The number of nitrogens with zero attached hydrogens (tertiary/aromatic N) is 5. The average Bonchev–Trinajstić information content (AvgIpc) is 3.39. The number of nitro groups is 1. The quantitative estimate of drug-likeness (QED) is 0.165. The number of aromatic nitrogens is 3. The number of rotatable bonds is 7. The van der Waals surface area contributed by atoms with Crippen molar-refractivity contribution in [3.05, 3.63) is 106 Å². The molecular weight excluding hydrogens is 452 g/mol. The molecule has 3 aromatic carbocycles. The first-order chi connectivity index (χ1) is 17.5. The average molecular weight is 479 g/mol. The lowest BCUT2D eigenvalue weighted by Crippen LogP contribution is -2.02. The van der Waals surface area contributed by atoms with Crippen LogP contribution >= 0.6 is 0 Å². The molecule has 5 rings (SSSR count). The Bertz CT molecular complexity index is 1580. The van der Waals surface area contributed by atoms with Crippen LogP contribution in [0.2, 0.25) is 0 Å². The van der Waals surface area contributed by atoms with Crippen LogP contribution in [-0.2, 0) is 6.54 Å². The second-order valence-corrected chi connectivity index (χ2v) is 8.55. The summed E-state index contributed by atoms with van der Waals surface area (Å²) in [5.74, 6) is 0.714. The van der Waals surface area contributed by atoms with Crippen molar-refractivity contribution < 1.29 is 4.92 Å². The van der Waals surface area contributed by atoms with Crippen molar-refractivity contribution in [1.29, 1.82) is 0 Å². The van der Waals surface area contributed by atoms with Gasteiger partial charge in [-0.05, 0) is 74.4 Å². The van der Waals surface area contributed by atoms with Gasteiger partial charge in [0.2, 0.25) is 5.95 Å². The van der Waals surface area contributed by atoms with Crippen molar-refractivity contribution in [2.24, 2.45) is 5.10 Å². The molecule has 0 radical (unpaired) electrons. The number of hydrogen-bond donors (Lipinski definition) is 1. The fraction of sp³-hybridized carbons (Fsp3) is 0.143. The van der Waals surface area contributed by atoms with E-state index in [0.29, 0.717) is 5.95 Å². The van der Waals surface area contributed by atoms with Crippen molar-refractivity contribution >= 4 is 28.9 Å². The second kappa shape index (κ2) is 9.50. The van der Waals surface area contributed by atoms with E-state index < -0.39 is 0 Å². The molecule has 180 valence electrons. The van der Waals surface area contributed by atoms with E-state index in [9.17, 15) is 10.1 Å². The van der Waals surface area contributed by atoms with Crippen LogP contribution in [0.4, 0.5) is 11.6 Å². The summed E-state index contributed by atoms with van der Waals surface area (Å²) < 4.78 is 4.28. The summed E-state index contributed by atoms with van der Waals surface area (Å²) in [7, 11) is 0. The minimum absolute atomic E-state index is 0.0876. The largest absolute Gasteiger partial charge is 0.318 e. The molecule has 1 N–H and O–H groups in total. The van der Waals surface area contributed by atoms with E-state index in [2.05, 4.69) is 69.7 Å². The van der Waals surface area contributed by atoms with Gasteiger partial charge in [0.1, 0.15) is 0 Å². The molecular formula is C28H26N6O2. The number of imidazole rings is 1. The maximum absolute atomic E-state index is 10.9. The molecule has 0 fully saturated rings. The first-order valence-corrected chi connectivity index (χ1v) is 11.7. The molecule has 0 unspecified atom stereocenters.